The second-order valence-corrected chi connectivity index (χ2v) is 8.85. The highest BCUT2D eigenvalue weighted by Crippen LogP contribution is 2.29. The van der Waals surface area contributed by atoms with E-state index in [1.54, 1.807) is 19.1 Å². The Bertz CT molecular complexity index is 1260. The lowest BCUT2D eigenvalue weighted by molar-refractivity contribution is -0.384. The van der Waals surface area contributed by atoms with Gasteiger partial charge in [-0.15, -0.1) is 0 Å². The molecule has 3 rings (SSSR count). The molecule has 0 unspecified atom stereocenters. The summed E-state index contributed by atoms with van der Waals surface area (Å²) in [6.07, 6.45) is 0. The Morgan fingerprint density at radius 1 is 1.06 bits per heavy atom. The summed E-state index contributed by atoms with van der Waals surface area (Å²) in [5.74, 6) is 0. The second kappa shape index (κ2) is 9.15. The fourth-order valence-corrected chi connectivity index (χ4v) is 3.95. The lowest BCUT2D eigenvalue weighted by Gasteiger charge is -2.10. The molecule has 0 amide bonds. The van der Waals surface area contributed by atoms with E-state index < -0.39 is 20.6 Å². The third kappa shape index (κ3) is 5.59. The molecule has 10 heteroatoms. The Morgan fingerprint density at radius 3 is 2.42 bits per heavy atom. The first-order valence-corrected chi connectivity index (χ1v) is 11.0. The molecule has 0 atom stereocenters. The van der Waals surface area contributed by atoms with Crippen LogP contribution in [0.4, 0.5) is 17.1 Å². The standard InChI is InChI=1S/C21H19ClN4O4S/c1-14-6-8-16(9-7-14)15(2)23-24-20-11-10-19(13-21(20)26(27)28)31(29,30)25-18-5-3-4-17(22)12-18/h3-13,24-25H,1-2H3. The molecule has 31 heavy (non-hydrogen) atoms. The number of anilines is 2. The summed E-state index contributed by atoms with van der Waals surface area (Å²) in [5, 5.41) is 16.1. The van der Waals surface area contributed by atoms with Gasteiger partial charge in [-0.3, -0.25) is 20.3 Å². The minimum atomic E-state index is -4.06. The van der Waals surface area contributed by atoms with Gasteiger partial charge in [0.1, 0.15) is 5.69 Å². The minimum absolute atomic E-state index is 0.0677. The molecule has 8 nitrogen and oxygen atoms in total. The summed E-state index contributed by atoms with van der Waals surface area (Å²) in [7, 11) is -4.06. The number of hydrazone groups is 1. The third-order valence-electron chi connectivity index (χ3n) is 4.37. The number of halogens is 1. The normalized spacial score (nSPS) is 11.8. The molecular formula is C21H19ClN4O4S. The number of hydrogen-bond donors (Lipinski definition) is 2. The van der Waals surface area contributed by atoms with Gasteiger partial charge in [0.15, 0.2) is 0 Å². The van der Waals surface area contributed by atoms with Gasteiger partial charge in [-0.05, 0) is 49.7 Å². The number of rotatable bonds is 7. The van der Waals surface area contributed by atoms with Gasteiger partial charge in [-0.1, -0.05) is 47.5 Å². The molecule has 2 N–H and O–H groups in total. The van der Waals surface area contributed by atoms with Gasteiger partial charge in [0.05, 0.1) is 21.2 Å². The first-order chi connectivity index (χ1) is 14.7. The van der Waals surface area contributed by atoms with Gasteiger partial charge in [0.2, 0.25) is 0 Å². The summed E-state index contributed by atoms with van der Waals surface area (Å²) >= 11 is 5.87. The van der Waals surface area contributed by atoms with E-state index in [0.717, 1.165) is 17.2 Å². The molecule has 0 saturated heterocycles. The number of nitrogens with one attached hydrogen (secondary N) is 2. The zero-order valence-electron chi connectivity index (χ0n) is 16.7. The van der Waals surface area contributed by atoms with Crippen LogP contribution in [0.15, 0.2) is 76.7 Å². The van der Waals surface area contributed by atoms with Crippen LogP contribution in [0.25, 0.3) is 0 Å². The van der Waals surface area contributed by atoms with Crippen molar-refractivity contribution in [2.24, 2.45) is 5.10 Å². The third-order valence-corrected chi connectivity index (χ3v) is 5.98. The number of aryl methyl sites for hydroxylation is 1. The molecule has 3 aromatic carbocycles. The molecule has 0 spiro atoms. The Balaban J connectivity index is 1.88. The van der Waals surface area contributed by atoms with Crippen molar-refractivity contribution in [1.82, 2.24) is 0 Å². The van der Waals surface area contributed by atoms with Crippen molar-refractivity contribution in [2.45, 2.75) is 18.7 Å². The van der Waals surface area contributed by atoms with Crippen LogP contribution >= 0.6 is 11.6 Å². The molecule has 0 radical (unpaired) electrons. The van der Waals surface area contributed by atoms with E-state index in [4.69, 9.17) is 11.6 Å². The Morgan fingerprint density at radius 2 is 1.77 bits per heavy atom. The second-order valence-electron chi connectivity index (χ2n) is 6.73. The zero-order chi connectivity index (χ0) is 22.6. The predicted molar refractivity (Wildman–Crippen MR) is 122 cm³/mol. The van der Waals surface area contributed by atoms with E-state index in [1.807, 2.05) is 31.2 Å². The van der Waals surface area contributed by atoms with Gasteiger partial charge < -0.3 is 0 Å². The highest BCUT2D eigenvalue weighted by molar-refractivity contribution is 7.92. The SMILES string of the molecule is CC(=NNc1ccc(S(=O)(=O)Nc2cccc(Cl)c2)cc1[N+](=O)[O-])c1ccc(C)cc1. The van der Waals surface area contributed by atoms with Gasteiger partial charge in [-0.2, -0.15) is 5.10 Å². The first kappa shape index (κ1) is 22.3. The Hall–Kier alpha value is -3.43. The van der Waals surface area contributed by atoms with Crippen molar-refractivity contribution in [2.75, 3.05) is 10.1 Å². The average molecular weight is 459 g/mol. The zero-order valence-corrected chi connectivity index (χ0v) is 18.2. The number of sulfonamides is 1. The van der Waals surface area contributed by atoms with Crippen LogP contribution in [0.5, 0.6) is 0 Å². The van der Waals surface area contributed by atoms with Crippen LogP contribution in [-0.4, -0.2) is 19.1 Å². The number of hydrogen-bond acceptors (Lipinski definition) is 6. The fourth-order valence-electron chi connectivity index (χ4n) is 2.69. The van der Waals surface area contributed by atoms with Crippen molar-refractivity contribution >= 4 is 44.4 Å². The number of nitro groups is 1. The monoisotopic (exact) mass is 458 g/mol. The highest BCUT2D eigenvalue weighted by Gasteiger charge is 2.22. The summed E-state index contributed by atoms with van der Waals surface area (Å²) in [5.41, 5.74) is 5.12. The molecule has 0 aromatic heterocycles. The number of benzene rings is 3. The quantitative estimate of drug-likeness (QED) is 0.287. The summed E-state index contributed by atoms with van der Waals surface area (Å²) in [6.45, 7) is 3.73. The molecule has 0 heterocycles. The van der Waals surface area contributed by atoms with Gasteiger partial charge in [0, 0.05) is 11.1 Å². The molecule has 0 aliphatic carbocycles. The average Bonchev–Trinajstić information content (AvgIpc) is 2.72. The molecular weight excluding hydrogens is 440 g/mol. The molecule has 0 saturated carbocycles. The van der Waals surface area contributed by atoms with Crippen molar-refractivity contribution < 1.29 is 13.3 Å². The highest BCUT2D eigenvalue weighted by atomic mass is 35.5. The molecule has 0 bridgehead atoms. The maximum Gasteiger partial charge on any atom is 0.295 e. The van der Waals surface area contributed by atoms with Crippen LogP contribution in [0.1, 0.15) is 18.1 Å². The lowest BCUT2D eigenvalue weighted by atomic mass is 10.1. The van der Waals surface area contributed by atoms with Gasteiger partial charge in [-0.25, -0.2) is 8.42 Å². The molecule has 3 aromatic rings. The summed E-state index contributed by atoms with van der Waals surface area (Å²) < 4.78 is 27.7. The van der Waals surface area contributed by atoms with E-state index in [-0.39, 0.29) is 16.3 Å². The van der Waals surface area contributed by atoms with Gasteiger partial charge in [0.25, 0.3) is 15.7 Å². The first-order valence-electron chi connectivity index (χ1n) is 9.10. The van der Waals surface area contributed by atoms with Gasteiger partial charge >= 0.3 is 0 Å². The maximum absolute atomic E-state index is 12.7. The summed E-state index contributed by atoms with van der Waals surface area (Å²) in [4.78, 5) is 10.6. The lowest BCUT2D eigenvalue weighted by Crippen LogP contribution is -2.13. The predicted octanol–water partition coefficient (Wildman–Crippen LogP) is 5.19. The smallest absolute Gasteiger partial charge is 0.280 e. The fraction of sp³-hybridized carbons (Fsp3) is 0.0952. The van der Waals surface area contributed by atoms with E-state index in [9.17, 15) is 18.5 Å². The number of nitro benzene ring substituents is 1. The van der Waals surface area contributed by atoms with Crippen LogP contribution in [-0.2, 0) is 10.0 Å². The Labute approximate surface area is 184 Å². The van der Waals surface area contributed by atoms with Crippen LogP contribution in [0, 0.1) is 17.0 Å². The number of nitrogens with zero attached hydrogens (tertiary/aromatic N) is 2. The molecule has 0 fully saturated rings. The van der Waals surface area contributed by atoms with E-state index in [0.29, 0.717) is 10.7 Å². The van der Waals surface area contributed by atoms with Crippen molar-refractivity contribution in [3.05, 3.63) is 93.0 Å². The molecule has 0 aliphatic heterocycles. The molecule has 160 valence electrons. The summed E-state index contributed by atoms with van der Waals surface area (Å²) in [6, 6.07) is 17.3. The van der Waals surface area contributed by atoms with E-state index >= 15 is 0 Å². The van der Waals surface area contributed by atoms with Crippen LogP contribution in [0.2, 0.25) is 5.02 Å². The Kier molecular flexibility index (Phi) is 6.57. The minimum Gasteiger partial charge on any atom is -0.280 e. The molecule has 0 aliphatic rings. The van der Waals surface area contributed by atoms with Crippen LogP contribution < -0.4 is 10.1 Å². The van der Waals surface area contributed by atoms with E-state index in [2.05, 4.69) is 15.2 Å². The maximum atomic E-state index is 12.7. The van der Waals surface area contributed by atoms with Crippen molar-refractivity contribution in [3.8, 4) is 0 Å². The van der Waals surface area contributed by atoms with Crippen LogP contribution in [0.3, 0.4) is 0 Å². The topological polar surface area (TPSA) is 114 Å². The van der Waals surface area contributed by atoms with E-state index in [1.165, 1.54) is 24.3 Å². The van der Waals surface area contributed by atoms with Crippen molar-refractivity contribution in [3.63, 3.8) is 0 Å². The van der Waals surface area contributed by atoms with Crippen molar-refractivity contribution in [1.29, 1.82) is 0 Å². The largest absolute Gasteiger partial charge is 0.295 e.